The maximum Gasteiger partial charge on any atom is 0.209 e. The van der Waals surface area contributed by atoms with Crippen molar-refractivity contribution in [3.05, 3.63) is 30.2 Å². The van der Waals surface area contributed by atoms with Crippen LogP contribution in [0.1, 0.15) is 18.7 Å². The van der Waals surface area contributed by atoms with Crippen molar-refractivity contribution in [2.45, 2.75) is 31.6 Å². The molecule has 1 aromatic carbocycles. The molecule has 2 heterocycles. The Balaban J connectivity index is 1.40. The first-order valence-electron chi connectivity index (χ1n) is 8.11. The summed E-state index contributed by atoms with van der Waals surface area (Å²) in [5.41, 5.74) is 1.65. The van der Waals surface area contributed by atoms with Crippen molar-refractivity contribution in [3.8, 4) is 0 Å². The molecule has 3 rings (SSSR count). The molecule has 0 amide bonds. The van der Waals surface area contributed by atoms with E-state index < -0.39 is 6.10 Å². The number of rotatable bonds is 8. The molecule has 1 aliphatic heterocycles. The molecule has 0 spiro atoms. The van der Waals surface area contributed by atoms with Gasteiger partial charge in [-0.25, -0.2) is 4.98 Å². The highest BCUT2D eigenvalue weighted by Crippen LogP contribution is 2.16. The van der Waals surface area contributed by atoms with Crippen LogP contribution in [0.5, 0.6) is 0 Å². The zero-order valence-corrected chi connectivity index (χ0v) is 13.5. The SMILES string of the molecule is CN(Cc1nc2ccccc2o1)CC(O)COCC1CCCO1. The van der Waals surface area contributed by atoms with Gasteiger partial charge in [0.15, 0.2) is 5.58 Å². The number of aliphatic hydroxyl groups is 1. The first-order valence-corrected chi connectivity index (χ1v) is 8.11. The maximum atomic E-state index is 10.1. The Morgan fingerprint density at radius 3 is 3.09 bits per heavy atom. The second kappa shape index (κ2) is 7.88. The van der Waals surface area contributed by atoms with Crippen LogP contribution in [0.2, 0.25) is 0 Å². The summed E-state index contributed by atoms with van der Waals surface area (Å²) < 4.78 is 16.7. The van der Waals surface area contributed by atoms with Gasteiger partial charge in [0.1, 0.15) is 5.52 Å². The fraction of sp³-hybridized carbons (Fsp3) is 0.588. The van der Waals surface area contributed by atoms with Gasteiger partial charge in [0.2, 0.25) is 5.89 Å². The smallest absolute Gasteiger partial charge is 0.209 e. The molecule has 2 atom stereocenters. The summed E-state index contributed by atoms with van der Waals surface area (Å²) >= 11 is 0. The van der Waals surface area contributed by atoms with E-state index in [1.54, 1.807) is 0 Å². The molecule has 1 aliphatic rings. The number of fused-ring (bicyclic) bond motifs is 1. The summed E-state index contributed by atoms with van der Waals surface area (Å²) in [6, 6.07) is 7.69. The van der Waals surface area contributed by atoms with Gasteiger partial charge in [-0.15, -0.1) is 0 Å². The molecular formula is C17H24N2O4. The van der Waals surface area contributed by atoms with E-state index in [1.807, 2.05) is 36.2 Å². The number of aliphatic hydroxyl groups excluding tert-OH is 1. The molecule has 2 unspecified atom stereocenters. The van der Waals surface area contributed by atoms with Gasteiger partial charge in [-0.2, -0.15) is 0 Å². The fourth-order valence-electron chi connectivity index (χ4n) is 2.81. The van der Waals surface area contributed by atoms with Crippen LogP contribution in [0.15, 0.2) is 28.7 Å². The first-order chi connectivity index (χ1) is 11.2. The molecule has 1 N–H and O–H groups in total. The van der Waals surface area contributed by atoms with Gasteiger partial charge in [0.05, 0.1) is 32.0 Å². The third-order valence-electron chi connectivity index (χ3n) is 3.90. The summed E-state index contributed by atoms with van der Waals surface area (Å²) in [6.07, 6.45) is 1.81. The molecular weight excluding hydrogens is 296 g/mol. The lowest BCUT2D eigenvalue weighted by Crippen LogP contribution is -2.32. The Labute approximate surface area is 136 Å². The van der Waals surface area contributed by atoms with Crippen LogP contribution in [0, 0.1) is 0 Å². The van der Waals surface area contributed by atoms with Crippen molar-refractivity contribution in [1.82, 2.24) is 9.88 Å². The quantitative estimate of drug-likeness (QED) is 0.800. The predicted molar refractivity (Wildman–Crippen MR) is 86.1 cm³/mol. The van der Waals surface area contributed by atoms with Crippen LogP contribution in [-0.2, 0) is 16.0 Å². The number of likely N-dealkylation sites (N-methyl/N-ethyl adjacent to an activating group) is 1. The van der Waals surface area contributed by atoms with Gasteiger partial charge in [-0.1, -0.05) is 12.1 Å². The Kier molecular flexibility index (Phi) is 5.61. The number of nitrogens with zero attached hydrogens (tertiary/aromatic N) is 2. The molecule has 0 saturated carbocycles. The molecule has 0 radical (unpaired) electrons. The van der Waals surface area contributed by atoms with Crippen LogP contribution in [0.4, 0.5) is 0 Å². The molecule has 23 heavy (non-hydrogen) atoms. The lowest BCUT2D eigenvalue weighted by molar-refractivity contribution is -0.0242. The van der Waals surface area contributed by atoms with Crippen LogP contribution < -0.4 is 0 Å². The molecule has 1 aromatic heterocycles. The van der Waals surface area contributed by atoms with Crippen LogP contribution in [0.3, 0.4) is 0 Å². The van der Waals surface area contributed by atoms with Gasteiger partial charge in [0.25, 0.3) is 0 Å². The van der Waals surface area contributed by atoms with Crippen molar-refractivity contribution < 1.29 is 19.0 Å². The van der Waals surface area contributed by atoms with Gasteiger partial charge >= 0.3 is 0 Å². The van der Waals surface area contributed by atoms with Gasteiger partial charge in [-0.05, 0) is 32.0 Å². The predicted octanol–water partition coefficient (Wildman–Crippen LogP) is 1.82. The Morgan fingerprint density at radius 1 is 1.43 bits per heavy atom. The average Bonchev–Trinajstić information content (AvgIpc) is 3.15. The summed E-state index contributed by atoms with van der Waals surface area (Å²) in [5, 5.41) is 10.1. The standard InChI is InChI=1S/C17H24N2O4/c1-19(9-13(20)11-21-12-14-5-4-8-22-14)10-17-18-15-6-2-3-7-16(15)23-17/h2-3,6-7,13-14,20H,4-5,8-12H2,1H3. The maximum absolute atomic E-state index is 10.1. The lowest BCUT2D eigenvalue weighted by Gasteiger charge is -2.19. The summed E-state index contributed by atoms with van der Waals surface area (Å²) in [7, 11) is 1.93. The average molecular weight is 320 g/mol. The van der Waals surface area contributed by atoms with E-state index in [0.717, 1.165) is 30.5 Å². The monoisotopic (exact) mass is 320 g/mol. The highest BCUT2D eigenvalue weighted by atomic mass is 16.5. The number of hydrogen-bond acceptors (Lipinski definition) is 6. The van der Waals surface area contributed by atoms with E-state index in [9.17, 15) is 5.11 Å². The second-order valence-corrected chi connectivity index (χ2v) is 6.10. The van der Waals surface area contributed by atoms with E-state index in [4.69, 9.17) is 13.9 Å². The van der Waals surface area contributed by atoms with Crippen molar-refractivity contribution in [2.24, 2.45) is 0 Å². The van der Waals surface area contributed by atoms with E-state index in [2.05, 4.69) is 4.98 Å². The van der Waals surface area contributed by atoms with Crippen molar-refractivity contribution in [1.29, 1.82) is 0 Å². The van der Waals surface area contributed by atoms with Crippen molar-refractivity contribution >= 4 is 11.1 Å². The van der Waals surface area contributed by atoms with E-state index >= 15 is 0 Å². The molecule has 6 nitrogen and oxygen atoms in total. The molecule has 0 aliphatic carbocycles. The fourth-order valence-corrected chi connectivity index (χ4v) is 2.81. The van der Waals surface area contributed by atoms with Crippen molar-refractivity contribution in [2.75, 3.05) is 33.4 Å². The zero-order valence-electron chi connectivity index (χ0n) is 13.5. The van der Waals surface area contributed by atoms with Crippen LogP contribution in [-0.4, -0.2) is 60.6 Å². The molecule has 0 bridgehead atoms. The normalized spacial score (nSPS) is 19.7. The number of aromatic nitrogens is 1. The second-order valence-electron chi connectivity index (χ2n) is 6.10. The molecule has 126 valence electrons. The third kappa shape index (κ3) is 4.75. The molecule has 2 aromatic rings. The number of benzene rings is 1. The minimum absolute atomic E-state index is 0.194. The minimum atomic E-state index is -0.536. The topological polar surface area (TPSA) is 68.0 Å². The highest BCUT2D eigenvalue weighted by molar-refractivity contribution is 5.72. The van der Waals surface area contributed by atoms with E-state index in [1.165, 1.54) is 0 Å². The number of hydrogen-bond donors (Lipinski definition) is 1. The summed E-state index contributed by atoms with van der Waals surface area (Å²) in [4.78, 5) is 6.41. The highest BCUT2D eigenvalue weighted by Gasteiger charge is 2.17. The zero-order chi connectivity index (χ0) is 16.1. The number of para-hydroxylation sites is 2. The van der Waals surface area contributed by atoms with Crippen LogP contribution >= 0.6 is 0 Å². The largest absolute Gasteiger partial charge is 0.439 e. The van der Waals surface area contributed by atoms with Gasteiger partial charge < -0.3 is 19.0 Å². The molecule has 6 heteroatoms. The van der Waals surface area contributed by atoms with Crippen LogP contribution in [0.25, 0.3) is 11.1 Å². The summed E-state index contributed by atoms with van der Waals surface area (Å²) in [6.45, 7) is 2.76. The lowest BCUT2D eigenvalue weighted by atomic mass is 10.2. The molecule has 1 saturated heterocycles. The van der Waals surface area contributed by atoms with Gasteiger partial charge in [0, 0.05) is 13.2 Å². The number of ether oxygens (including phenoxy) is 2. The summed E-state index contributed by atoms with van der Waals surface area (Å²) in [5.74, 6) is 0.654. The Morgan fingerprint density at radius 2 is 2.30 bits per heavy atom. The van der Waals surface area contributed by atoms with E-state index in [0.29, 0.717) is 32.2 Å². The minimum Gasteiger partial charge on any atom is -0.439 e. The third-order valence-corrected chi connectivity index (χ3v) is 3.90. The Hall–Kier alpha value is -1.47. The van der Waals surface area contributed by atoms with Crippen molar-refractivity contribution in [3.63, 3.8) is 0 Å². The number of oxazole rings is 1. The molecule has 1 fully saturated rings. The van der Waals surface area contributed by atoms with E-state index in [-0.39, 0.29) is 6.10 Å². The van der Waals surface area contributed by atoms with Gasteiger partial charge in [-0.3, -0.25) is 4.90 Å². The Bertz CT molecular complexity index is 576. The first kappa shape index (κ1) is 16.4.